The van der Waals surface area contributed by atoms with Crippen molar-refractivity contribution >= 4 is 5.69 Å². The lowest BCUT2D eigenvalue weighted by Crippen LogP contribution is -2.35. The molecule has 0 radical (unpaired) electrons. The molecular weight excluding hydrogens is 399 g/mol. The first kappa shape index (κ1) is 19.9. The van der Waals surface area contributed by atoms with E-state index in [2.05, 4.69) is 4.98 Å². The Morgan fingerprint density at radius 2 is 1.86 bits per heavy atom. The van der Waals surface area contributed by atoms with Gasteiger partial charge in [0, 0.05) is 31.5 Å². The molecule has 0 saturated carbocycles. The molecule has 2 heterocycles. The third-order valence-electron chi connectivity index (χ3n) is 4.19. The Kier molecular flexibility index (Phi) is 4.57. The minimum absolute atomic E-state index is 0.0877. The number of benzene rings is 1. The number of nitro benzene ring substituents is 1. The first-order valence-electron chi connectivity index (χ1n) is 7.89. The fourth-order valence-electron chi connectivity index (χ4n) is 2.81. The number of alkyl halides is 3. The minimum atomic E-state index is -4.80. The van der Waals surface area contributed by atoms with Gasteiger partial charge in [-0.25, -0.2) is 4.98 Å². The van der Waals surface area contributed by atoms with Crippen molar-refractivity contribution in [2.24, 2.45) is 0 Å². The first-order chi connectivity index (χ1) is 13.4. The van der Waals surface area contributed by atoms with Crippen molar-refractivity contribution in [2.75, 3.05) is 0 Å². The molecule has 0 aliphatic heterocycles. The lowest BCUT2D eigenvalue weighted by atomic mass is 10.0. The highest BCUT2D eigenvalue weighted by Crippen LogP contribution is 2.41. The summed E-state index contributed by atoms with van der Waals surface area (Å²) < 4.78 is 45.8. The molecular formula is C17H12F3N3O6. The maximum absolute atomic E-state index is 13.5. The Morgan fingerprint density at radius 3 is 2.45 bits per heavy atom. The molecule has 0 saturated heterocycles. The van der Waals surface area contributed by atoms with Gasteiger partial charge < -0.3 is 19.8 Å². The number of pyridine rings is 1. The summed E-state index contributed by atoms with van der Waals surface area (Å²) in [4.78, 5) is 13.9. The molecule has 0 aliphatic rings. The van der Waals surface area contributed by atoms with E-state index in [1.807, 2.05) is 0 Å². The van der Waals surface area contributed by atoms with Crippen molar-refractivity contribution in [1.82, 2.24) is 4.98 Å². The molecule has 0 spiro atoms. The lowest BCUT2D eigenvalue weighted by Gasteiger charge is -2.14. The number of phenols is 2. The zero-order chi connectivity index (χ0) is 21.7. The summed E-state index contributed by atoms with van der Waals surface area (Å²) in [5.41, 5.74) is -3.26. The molecule has 2 aromatic heterocycles. The summed E-state index contributed by atoms with van der Waals surface area (Å²) in [5, 5.41) is 42.3. The van der Waals surface area contributed by atoms with E-state index < -0.39 is 45.3 Å². The van der Waals surface area contributed by atoms with Crippen LogP contribution in [0.2, 0.25) is 0 Å². The fraction of sp³-hybridized carbons (Fsp3) is 0.176. The zero-order valence-corrected chi connectivity index (χ0v) is 14.8. The molecule has 152 valence electrons. The quantitative estimate of drug-likeness (QED) is 0.221. The Balaban J connectivity index is 2.20. The zero-order valence-electron chi connectivity index (χ0n) is 14.8. The molecule has 0 amide bonds. The predicted molar refractivity (Wildman–Crippen MR) is 90.8 cm³/mol. The number of phenolic OH excluding ortho intramolecular Hbond substituents is 2. The average molecular weight is 411 g/mol. The van der Waals surface area contributed by atoms with Crippen LogP contribution >= 0.6 is 0 Å². The summed E-state index contributed by atoms with van der Waals surface area (Å²) in [6, 6.07) is 2.47. The number of hydrogen-bond donors (Lipinski definition) is 2. The number of aryl methyl sites for hydroxylation is 1. The topological polar surface area (TPSA) is 137 Å². The van der Waals surface area contributed by atoms with Gasteiger partial charge in [0.1, 0.15) is 17.5 Å². The first-order valence-corrected chi connectivity index (χ1v) is 7.89. The van der Waals surface area contributed by atoms with Crippen LogP contribution < -0.4 is 4.73 Å². The van der Waals surface area contributed by atoms with E-state index >= 15 is 0 Å². The highest BCUT2D eigenvalue weighted by Gasteiger charge is 2.39. The summed E-state index contributed by atoms with van der Waals surface area (Å²) in [6.45, 7) is 2.39. The van der Waals surface area contributed by atoms with Crippen LogP contribution in [0, 0.1) is 29.2 Å². The number of nitro groups is 1. The Morgan fingerprint density at radius 1 is 1.21 bits per heavy atom. The molecule has 0 unspecified atom stereocenters. The van der Waals surface area contributed by atoms with Crippen LogP contribution in [0.5, 0.6) is 11.5 Å². The van der Waals surface area contributed by atoms with Crippen molar-refractivity contribution in [1.29, 1.82) is 0 Å². The van der Waals surface area contributed by atoms with Crippen LogP contribution in [0.4, 0.5) is 18.9 Å². The Labute approximate surface area is 160 Å². The number of aromatic hydroxyl groups is 2. The number of rotatable bonds is 3. The molecule has 0 fully saturated rings. The molecule has 0 aliphatic carbocycles. The smallest absolute Gasteiger partial charge is 0.417 e. The van der Waals surface area contributed by atoms with Crippen molar-refractivity contribution in [3.05, 3.63) is 56.7 Å². The van der Waals surface area contributed by atoms with Gasteiger partial charge in [0.25, 0.3) is 0 Å². The van der Waals surface area contributed by atoms with Crippen LogP contribution in [-0.4, -0.2) is 20.1 Å². The van der Waals surface area contributed by atoms with Gasteiger partial charge in [-0.3, -0.25) is 10.1 Å². The van der Waals surface area contributed by atoms with Gasteiger partial charge in [-0.2, -0.15) is 17.9 Å². The van der Waals surface area contributed by atoms with Crippen molar-refractivity contribution in [3.63, 3.8) is 0 Å². The van der Waals surface area contributed by atoms with Gasteiger partial charge in [-0.1, -0.05) is 0 Å². The number of oxazole rings is 1. The monoisotopic (exact) mass is 411 g/mol. The molecule has 3 aromatic rings. The molecule has 3 rings (SSSR count). The molecule has 1 aromatic carbocycles. The molecule has 12 heteroatoms. The molecule has 0 atom stereocenters. The fourth-order valence-corrected chi connectivity index (χ4v) is 2.81. The highest BCUT2D eigenvalue weighted by molar-refractivity contribution is 5.72. The second-order valence-electron chi connectivity index (χ2n) is 6.11. The molecule has 2 N–H and O–H groups in total. The van der Waals surface area contributed by atoms with Gasteiger partial charge in [0.05, 0.1) is 10.5 Å². The number of aromatic nitrogens is 2. The summed E-state index contributed by atoms with van der Waals surface area (Å²) in [6.07, 6.45) is -3.89. The number of nitrogens with zero attached hydrogens (tertiary/aromatic N) is 3. The maximum Gasteiger partial charge on any atom is 0.417 e. The number of halogens is 3. The largest absolute Gasteiger partial charge is 0.618 e. The van der Waals surface area contributed by atoms with Crippen molar-refractivity contribution in [3.8, 4) is 34.2 Å². The van der Waals surface area contributed by atoms with Crippen LogP contribution in [0.1, 0.15) is 17.0 Å². The van der Waals surface area contributed by atoms with Crippen LogP contribution in [0.3, 0.4) is 0 Å². The molecule has 9 nitrogen and oxygen atoms in total. The van der Waals surface area contributed by atoms with Gasteiger partial charge in [0.2, 0.25) is 17.3 Å². The van der Waals surface area contributed by atoms with Gasteiger partial charge in [0.15, 0.2) is 11.4 Å². The van der Waals surface area contributed by atoms with Crippen molar-refractivity contribution < 1.29 is 37.5 Å². The van der Waals surface area contributed by atoms with E-state index in [4.69, 9.17) is 4.42 Å². The highest BCUT2D eigenvalue weighted by atomic mass is 19.4. The second-order valence-corrected chi connectivity index (χ2v) is 6.11. The normalized spacial score (nSPS) is 11.6. The Bertz CT molecular complexity index is 1140. The third kappa shape index (κ3) is 3.39. The standard InChI is InChI=1S/C17H12F3N3O6/c1-7-3-10(17(18,19)20)14(8(2)22(7)26)16-21-11(6-29-16)9-4-12(23(27)28)15(25)13(24)5-9/h3-6,24-25H,1-2H3. The Hall–Kier alpha value is -3.83. The predicted octanol–water partition coefficient (Wildman–Crippen LogP) is 3.60. The van der Waals surface area contributed by atoms with E-state index in [9.17, 15) is 38.7 Å². The van der Waals surface area contributed by atoms with E-state index in [0.29, 0.717) is 10.8 Å². The van der Waals surface area contributed by atoms with Gasteiger partial charge >= 0.3 is 11.9 Å². The van der Waals surface area contributed by atoms with Crippen molar-refractivity contribution in [2.45, 2.75) is 20.0 Å². The van der Waals surface area contributed by atoms with E-state index in [1.165, 1.54) is 13.8 Å². The van der Waals surface area contributed by atoms with Gasteiger partial charge in [-0.15, -0.1) is 0 Å². The van der Waals surface area contributed by atoms with Crippen LogP contribution in [0.25, 0.3) is 22.7 Å². The van der Waals surface area contributed by atoms with E-state index in [0.717, 1.165) is 18.4 Å². The van der Waals surface area contributed by atoms with E-state index in [-0.39, 0.29) is 22.6 Å². The summed E-state index contributed by atoms with van der Waals surface area (Å²) in [5.74, 6) is -2.33. The van der Waals surface area contributed by atoms with E-state index in [1.54, 1.807) is 0 Å². The molecule has 0 bridgehead atoms. The summed E-state index contributed by atoms with van der Waals surface area (Å²) >= 11 is 0. The minimum Gasteiger partial charge on any atom is -0.618 e. The average Bonchev–Trinajstić information content (AvgIpc) is 3.10. The summed E-state index contributed by atoms with van der Waals surface area (Å²) in [7, 11) is 0. The maximum atomic E-state index is 13.5. The second kappa shape index (κ2) is 6.65. The third-order valence-corrected chi connectivity index (χ3v) is 4.19. The lowest BCUT2D eigenvalue weighted by molar-refractivity contribution is -0.618. The SMILES string of the molecule is Cc1cc(C(F)(F)F)c(-c2nc(-c3cc(O)c(O)c([N+](=O)[O-])c3)co2)c(C)[n+]1[O-]. The van der Waals surface area contributed by atoms with Crippen LogP contribution in [0.15, 0.2) is 28.9 Å². The van der Waals surface area contributed by atoms with Gasteiger partial charge in [-0.05, 0) is 6.07 Å². The molecule has 29 heavy (non-hydrogen) atoms. The number of hydrogen-bond acceptors (Lipinski definition) is 7. The van der Waals surface area contributed by atoms with Crippen LogP contribution in [-0.2, 0) is 6.18 Å².